The van der Waals surface area contributed by atoms with Crippen molar-refractivity contribution < 1.29 is 14.7 Å². The largest absolute Gasteiger partial charge is 0.479 e. The summed E-state index contributed by atoms with van der Waals surface area (Å²) in [5.74, 6) is -1.14. The molecule has 0 saturated carbocycles. The Bertz CT molecular complexity index is 529. The number of nitrogens with zero attached hydrogens (tertiary/aromatic N) is 1. The quantitative estimate of drug-likeness (QED) is 0.866. The molecular weight excluding hydrogens is 310 g/mol. The van der Waals surface area contributed by atoms with Crippen LogP contribution < -0.4 is 0 Å². The molecule has 0 aliphatic carbocycles. The van der Waals surface area contributed by atoms with Crippen LogP contribution in [-0.4, -0.2) is 28.4 Å². The van der Waals surface area contributed by atoms with E-state index >= 15 is 0 Å². The van der Waals surface area contributed by atoms with Gasteiger partial charge < -0.3 is 10.0 Å². The smallest absolute Gasteiger partial charge is 0.331 e. The second-order valence-electron chi connectivity index (χ2n) is 4.51. The van der Waals surface area contributed by atoms with E-state index in [2.05, 4.69) is 22.5 Å². The average molecular weight is 324 g/mol. The Morgan fingerprint density at radius 2 is 2.21 bits per heavy atom. The first-order chi connectivity index (χ1) is 9.04. The van der Waals surface area contributed by atoms with Crippen molar-refractivity contribution in [2.24, 2.45) is 5.92 Å². The zero-order chi connectivity index (χ0) is 14.0. The fraction of sp³-hybridized carbons (Fsp3) is 0.286. The number of likely N-dealkylation sites (tertiary alicyclic amines) is 1. The van der Waals surface area contributed by atoms with Crippen molar-refractivity contribution in [2.75, 3.05) is 6.54 Å². The van der Waals surface area contributed by atoms with Gasteiger partial charge in [-0.3, -0.25) is 4.79 Å². The Kier molecular flexibility index (Phi) is 4.04. The molecule has 5 heteroatoms. The first-order valence-corrected chi connectivity index (χ1v) is 6.73. The third kappa shape index (κ3) is 2.71. The third-order valence-electron chi connectivity index (χ3n) is 3.27. The third-order valence-corrected chi connectivity index (χ3v) is 3.99. The van der Waals surface area contributed by atoms with Crippen molar-refractivity contribution in [3.63, 3.8) is 0 Å². The molecule has 1 amide bonds. The maximum atomic E-state index is 12.0. The predicted octanol–water partition coefficient (Wildman–Crippen LogP) is 2.61. The van der Waals surface area contributed by atoms with Gasteiger partial charge in [0.1, 0.15) is 0 Å². The van der Waals surface area contributed by atoms with Gasteiger partial charge in [-0.25, -0.2) is 4.79 Å². The van der Waals surface area contributed by atoms with E-state index in [-0.39, 0.29) is 11.8 Å². The summed E-state index contributed by atoms with van der Waals surface area (Å²) in [6, 6.07) is 6.12. The molecule has 1 fully saturated rings. The van der Waals surface area contributed by atoms with Gasteiger partial charge >= 0.3 is 5.97 Å². The molecule has 1 aromatic rings. The van der Waals surface area contributed by atoms with Crippen LogP contribution in [0.25, 0.3) is 0 Å². The predicted molar refractivity (Wildman–Crippen MR) is 74.5 cm³/mol. The molecule has 1 saturated heterocycles. The van der Waals surface area contributed by atoms with Crippen LogP contribution in [0.4, 0.5) is 0 Å². The van der Waals surface area contributed by atoms with Gasteiger partial charge in [-0.05, 0) is 6.07 Å². The van der Waals surface area contributed by atoms with E-state index in [4.69, 9.17) is 0 Å². The van der Waals surface area contributed by atoms with Crippen LogP contribution in [0.15, 0.2) is 41.4 Å². The lowest BCUT2D eigenvalue weighted by molar-refractivity contribution is -0.148. The maximum Gasteiger partial charge on any atom is 0.331 e. The zero-order valence-corrected chi connectivity index (χ0v) is 11.8. The Hall–Kier alpha value is -1.62. The van der Waals surface area contributed by atoms with Crippen LogP contribution in [0.2, 0.25) is 0 Å². The van der Waals surface area contributed by atoms with Crippen LogP contribution in [-0.2, 0) is 9.59 Å². The first kappa shape index (κ1) is 13.8. The molecule has 2 rings (SSSR count). The summed E-state index contributed by atoms with van der Waals surface area (Å²) in [4.78, 5) is 24.9. The standard InChI is InChI=1S/C14H14BrNO3/c1-2-9-7-12(17)16(8-9)13(14(18)19)10-5-3-4-6-11(10)15/h2-6,9,13H,1,7-8H2,(H,18,19). The second-order valence-corrected chi connectivity index (χ2v) is 5.36. The molecular formula is C14H14BrNO3. The molecule has 2 unspecified atom stereocenters. The van der Waals surface area contributed by atoms with Crippen molar-refractivity contribution in [3.05, 3.63) is 47.0 Å². The Morgan fingerprint density at radius 3 is 2.74 bits per heavy atom. The Labute approximate surface area is 119 Å². The summed E-state index contributed by atoms with van der Waals surface area (Å²) >= 11 is 3.34. The number of carboxylic acid groups (broad SMARTS) is 1. The molecule has 0 spiro atoms. The van der Waals surface area contributed by atoms with Crippen LogP contribution >= 0.6 is 15.9 Å². The van der Waals surface area contributed by atoms with Crippen molar-refractivity contribution >= 4 is 27.8 Å². The fourth-order valence-corrected chi connectivity index (χ4v) is 2.80. The minimum Gasteiger partial charge on any atom is -0.479 e. The summed E-state index contributed by atoms with van der Waals surface area (Å²) in [5.41, 5.74) is 0.591. The lowest BCUT2D eigenvalue weighted by Crippen LogP contribution is -2.35. The number of benzene rings is 1. The normalized spacial score (nSPS) is 20.4. The molecule has 0 radical (unpaired) electrons. The van der Waals surface area contributed by atoms with Crippen LogP contribution in [0.1, 0.15) is 18.0 Å². The van der Waals surface area contributed by atoms with Crippen LogP contribution in [0, 0.1) is 5.92 Å². The van der Waals surface area contributed by atoms with Crippen molar-refractivity contribution in [1.82, 2.24) is 4.90 Å². The van der Waals surface area contributed by atoms with Crippen molar-refractivity contribution in [1.29, 1.82) is 0 Å². The second kappa shape index (κ2) is 5.57. The van der Waals surface area contributed by atoms with Gasteiger partial charge in [-0.2, -0.15) is 0 Å². The SMILES string of the molecule is C=CC1CC(=O)N(C(C(=O)O)c2ccccc2Br)C1. The van der Waals surface area contributed by atoms with Crippen molar-refractivity contribution in [3.8, 4) is 0 Å². The summed E-state index contributed by atoms with van der Waals surface area (Å²) in [6.07, 6.45) is 2.04. The number of amides is 1. The highest BCUT2D eigenvalue weighted by atomic mass is 79.9. The summed E-state index contributed by atoms with van der Waals surface area (Å²) < 4.78 is 0.692. The maximum absolute atomic E-state index is 12.0. The summed E-state index contributed by atoms with van der Waals surface area (Å²) in [5, 5.41) is 9.45. The molecule has 100 valence electrons. The molecule has 2 atom stereocenters. The number of carboxylic acids is 1. The fourth-order valence-electron chi connectivity index (χ4n) is 2.30. The molecule has 19 heavy (non-hydrogen) atoms. The first-order valence-electron chi connectivity index (χ1n) is 5.94. The van der Waals surface area contributed by atoms with Gasteiger partial charge in [-0.1, -0.05) is 40.2 Å². The molecule has 4 nitrogen and oxygen atoms in total. The van der Waals surface area contributed by atoms with Gasteiger partial charge in [0.05, 0.1) is 0 Å². The van der Waals surface area contributed by atoms with Gasteiger partial charge in [0, 0.05) is 28.9 Å². The molecule has 1 aliphatic heterocycles. The monoisotopic (exact) mass is 323 g/mol. The lowest BCUT2D eigenvalue weighted by atomic mass is 10.1. The van der Waals surface area contributed by atoms with Gasteiger partial charge in [0.2, 0.25) is 5.91 Å². The van der Waals surface area contributed by atoms with Crippen LogP contribution in [0.5, 0.6) is 0 Å². The lowest BCUT2D eigenvalue weighted by Gasteiger charge is -2.25. The number of halogens is 1. The topological polar surface area (TPSA) is 57.6 Å². The number of hydrogen-bond donors (Lipinski definition) is 1. The molecule has 1 N–H and O–H groups in total. The number of carbonyl (C=O) groups is 2. The molecule has 0 bridgehead atoms. The van der Waals surface area contributed by atoms with E-state index in [1.54, 1.807) is 24.3 Å². The van der Waals surface area contributed by atoms with E-state index in [9.17, 15) is 14.7 Å². The highest BCUT2D eigenvalue weighted by Crippen LogP contribution is 2.33. The summed E-state index contributed by atoms with van der Waals surface area (Å²) in [6.45, 7) is 4.07. The highest BCUT2D eigenvalue weighted by molar-refractivity contribution is 9.10. The van der Waals surface area contributed by atoms with Crippen molar-refractivity contribution in [2.45, 2.75) is 12.5 Å². The van der Waals surface area contributed by atoms with Gasteiger partial charge in [-0.15, -0.1) is 6.58 Å². The molecule has 1 aliphatic rings. The molecule has 1 aromatic carbocycles. The highest BCUT2D eigenvalue weighted by Gasteiger charge is 2.38. The Balaban J connectivity index is 2.37. The zero-order valence-electron chi connectivity index (χ0n) is 10.3. The number of carbonyl (C=O) groups excluding carboxylic acids is 1. The average Bonchev–Trinajstić information content (AvgIpc) is 2.73. The molecule has 0 aromatic heterocycles. The van der Waals surface area contributed by atoms with Crippen LogP contribution in [0.3, 0.4) is 0 Å². The van der Waals surface area contributed by atoms with Gasteiger partial charge in [0.15, 0.2) is 6.04 Å². The minimum atomic E-state index is -1.02. The number of aliphatic carboxylic acids is 1. The number of rotatable bonds is 4. The minimum absolute atomic E-state index is 0.0248. The van der Waals surface area contributed by atoms with E-state index < -0.39 is 12.0 Å². The van der Waals surface area contributed by atoms with E-state index in [1.807, 2.05) is 6.07 Å². The Morgan fingerprint density at radius 1 is 1.53 bits per heavy atom. The molecule has 1 heterocycles. The summed E-state index contributed by atoms with van der Waals surface area (Å²) in [7, 11) is 0. The number of hydrogen-bond acceptors (Lipinski definition) is 2. The van der Waals surface area contributed by atoms with E-state index in [0.717, 1.165) is 0 Å². The van der Waals surface area contributed by atoms with E-state index in [1.165, 1.54) is 4.90 Å². The van der Waals surface area contributed by atoms with Gasteiger partial charge in [0.25, 0.3) is 0 Å². The van der Waals surface area contributed by atoms with E-state index in [0.29, 0.717) is 23.0 Å².